The Morgan fingerprint density at radius 3 is 2.72 bits per heavy atom. The molecule has 0 aliphatic carbocycles. The lowest BCUT2D eigenvalue weighted by atomic mass is 10.1. The molecule has 0 aliphatic heterocycles. The molecule has 0 saturated carbocycles. The number of aliphatic carboxylic acids is 1. The maximum Gasteiger partial charge on any atom is 0.303 e. The van der Waals surface area contributed by atoms with Gasteiger partial charge in [0.2, 0.25) is 10.0 Å². The van der Waals surface area contributed by atoms with Crippen molar-refractivity contribution in [3.05, 3.63) is 24.3 Å². The van der Waals surface area contributed by atoms with Crippen molar-refractivity contribution in [3.63, 3.8) is 0 Å². The Morgan fingerprint density at radius 2 is 2.17 bits per heavy atom. The molecule has 0 amide bonds. The van der Waals surface area contributed by atoms with Crippen LogP contribution in [0.1, 0.15) is 19.8 Å². The summed E-state index contributed by atoms with van der Waals surface area (Å²) in [7, 11) is -3.72. The van der Waals surface area contributed by atoms with Gasteiger partial charge in [-0.15, -0.1) is 0 Å². The summed E-state index contributed by atoms with van der Waals surface area (Å²) in [5.41, 5.74) is 0.597. The fourth-order valence-corrected chi connectivity index (χ4v) is 2.02. The van der Waals surface area contributed by atoms with Crippen molar-refractivity contribution < 1.29 is 18.3 Å². The molecule has 1 aromatic rings. The van der Waals surface area contributed by atoms with Gasteiger partial charge in [-0.1, -0.05) is 6.07 Å². The average molecular weight is 272 g/mol. The smallest absolute Gasteiger partial charge is 0.303 e. The molecule has 0 spiro atoms. The van der Waals surface area contributed by atoms with Crippen LogP contribution < -0.4 is 10.5 Å². The third-order valence-corrected chi connectivity index (χ3v) is 3.28. The summed E-state index contributed by atoms with van der Waals surface area (Å²) in [6.45, 7) is 1.83. The zero-order valence-electron chi connectivity index (χ0n) is 9.96. The zero-order valence-corrected chi connectivity index (χ0v) is 10.8. The van der Waals surface area contributed by atoms with Crippen LogP contribution in [0.4, 0.5) is 5.69 Å². The number of sulfonamides is 1. The molecule has 6 nitrogen and oxygen atoms in total. The predicted octanol–water partition coefficient (Wildman–Crippen LogP) is 0.999. The fourth-order valence-electron chi connectivity index (χ4n) is 1.46. The molecule has 0 radical (unpaired) electrons. The summed E-state index contributed by atoms with van der Waals surface area (Å²) >= 11 is 0. The zero-order chi connectivity index (χ0) is 13.8. The molecule has 7 heteroatoms. The van der Waals surface area contributed by atoms with Gasteiger partial charge in [0.05, 0.1) is 4.90 Å². The summed E-state index contributed by atoms with van der Waals surface area (Å²) in [6.07, 6.45) is 0.512. The molecule has 0 aliphatic rings. The topological polar surface area (TPSA) is 109 Å². The normalized spacial score (nSPS) is 13.0. The number of anilines is 1. The minimum Gasteiger partial charge on any atom is -0.481 e. The van der Waals surface area contributed by atoms with Crippen LogP contribution in [0.15, 0.2) is 29.2 Å². The van der Waals surface area contributed by atoms with Gasteiger partial charge in [0.25, 0.3) is 0 Å². The number of rotatable bonds is 6. The van der Waals surface area contributed by atoms with E-state index in [9.17, 15) is 13.2 Å². The van der Waals surface area contributed by atoms with Crippen LogP contribution in [0.3, 0.4) is 0 Å². The Labute approximate surface area is 106 Å². The number of hydrogen-bond acceptors (Lipinski definition) is 4. The Balaban J connectivity index is 2.71. The summed E-state index contributed by atoms with van der Waals surface area (Å²) < 4.78 is 22.3. The number of nitrogens with one attached hydrogen (secondary N) is 1. The highest BCUT2D eigenvalue weighted by Gasteiger charge is 2.09. The minimum atomic E-state index is -3.72. The number of nitrogens with two attached hydrogens (primary N) is 1. The number of carbonyl (C=O) groups is 1. The van der Waals surface area contributed by atoms with Crippen LogP contribution in [0.5, 0.6) is 0 Å². The molecule has 0 bridgehead atoms. The SMILES string of the molecule is CC(CCC(=O)O)Nc1cccc(S(N)(=O)=O)c1. The summed E-state index contributed by atoms with van der Waals surface area (Å²) in [4.78, 5) is 10.4. The van der Waals surface area contributed by atoms with Crippen molar-refractivity contribution in [1.82, 2.24) is 0 Å². The molecule has 0 aromatic heterocycles. The Hall–Kier alpha value is -1.60. The van der Waals surface area contributed by atoms with E-state index >= 15 is 0 Å². The molecule has 100 valence electrons. The highest BCUT2D eigenvalue weighted by atomic mass is 32.2. The van der Waals surface area contributed by atoms with Gasteiger partial charge in [-0.3, -0.25) is 4.79 Å². The molecule has 1 aromatic carbocycles. The van der Waals surface area contributed by atoms with E-state index in [-0.39, 0.29) is 17.4 Å². The first-order chi connectivity index (χ1) is 8.29. The van der Waals surface area contributed by atoms with E-state index in [2.05, 4.69) is 5.32 Å². The number of carboxylic acids is 1. The second-order valence-corrected chi connectivity index (χ2v) is 5.61. The third-order valence-electron chi connectivity index (χ3n) is 2.37. The van der Waals surface area contributed by atoms with E-state index in [0.717, 1.165) is 0 Å². The van der Waals surface area contributed by atoms with Crippen molar-refractivity contribution >= 4 is 21.7 Å². The number of carboxylic acid groups (broad SMARTS) is 1. The third kappa shape index (κ3) is 4.72. The molecule has 1 atom stereocenters. The van der Waals surface area contributed by atoms with Gasteiger partial charge in [-0.05, 0) is 31.5 Å². The van der Waals surface area contributed by atoms with Crippen molar-refractivity contribution in [2.24, 2.45) is 5.14 Å². The first kappa shape index (κ1) is 14.5. The van der Waals surface area contributed by atoms with Gasteiger partial charge < -0.3 is 10.4 Å². The standard InChI is InChI=1S/C11H16N2O4S/c1-8(5-6-11(14)15)13-9-3-2-4-10(7-9)18(12,16)17/h2-4,7-8,13H,5-6H2,1H3,(H,14,15)(H2,12,16,17). The average Bonchev–Trinajstić information content (AvgIpc) is 2.25. The summed E-state index contributed by atoms with van der Waals surface area (Å²) in [5, 5.41) is 16.6. The molecule has 18 heavy (non-hydrogen) atoms. The highest BCUT2D eigenvalue weighted by molar-refractivity contribution is 7.89. The molecule has 4 N–H and O–H groups in total. The van der Waals surface area contributed by atoms with Gasteiger partial charge in [-0.2, -0.15) is 0 Å². The van der Waals surface area contributed by atoms with Crippen LogP contribution in [0, 0.1) is 0 Å². The molecular weight excluding hydrogens is 256 g/mol. The van der Waals surface area contributed by atoms with Crippen molar-refractivity contribution in [3.8, 4) is 0 Å². The van der Waals surface area contributed by atoms with Crippen molar-refractivity contribution in [2.75, 3.05) is 5.32 Å². The number of hydrogen-bond donors (Lipinski definition) is 3. The Morgan fingerprint density at radius 1 is 1.50 bits per heavy atom. The van der Waals surface area contributed by atoms with Crippen LogP contribution >= 0.6 is 0 Å². The Bertz CT molecular complexity index is 528. The van der Waals surface area contributed by atoms with Crippen LogP contribution in [0.2, 0.25) is 0 Å². The van der Waals surface area contributed by atoms with E-state index in [1.807, 2.05) is 6.92 Å². The lowest BCUT2D eigenvalue weighted by Crippen LogP contribution is -2.17. The first-order valence-corrected chi connectivity index (χ1v) is 6.95. The van der Waals surface area contributed by atoms with E-state index in [0.29, 0.717) is 12.1 Å². The lowest BCUT2D eigenvalue weighted by Gasteiger charge is -2.14. The molecular formula is C11H16N2O4S. The van der Waals surface area contributed by atoms with Crippen LogP contribution in [-0.2, 0) is 14.8 Å². The second kappa shape index (κ2) is 5.83. The highest BCUT2D eigenvalue weighted by Crippen LogP contribution is 2.16. The van der Waals surface area contributed by atoms with Crippen LogP contribution in [0.25, 0.3) is 0 Å². The first-order valence-electron chi connectivity index (χ1n) is 5.40. The minimum absolute atomic E-state index is 0.0259. The molecule has 1 rings (SSSR count). The maximum atomic E-state index is 11.2. The van der Waals surface area contributed by atoms with E-state index in [1.165, 1.54) is 12.1 Å². The van der Waals surface area contributed by atoms with Gasteiger partial charge >= 0.3 is 5.97 Å². The lowest BCUT2D eigenvalue weighted by molar-refractivity contribution is -0.137. The predicted molar refractivity (Wildman–Crippen MR) is 67.8 cm³/mol. The summed E-state index contributed by atoms with van der Waals surface area (Å²) in [6, 6.07) is 6.03. The van der Waals surface area contributed by atoms with E-state index in [4.69, 9.17) is 10.2 Å². The van der Waals surface area contributed by atoms with Gasteiger partial charge in [-0.25, -0.2) is 13.6 Å². The summed E-state index contributed by atoms with van der Waals surface area (Å²) in [5.74, 6) is -0.859. The molecule has 0 heterocycles. The van der Waals surface area contributed by atoms with Crippen LogP contribution in [-0.4, -0.2) is 25.5 Å². The Kier molecular flexibility index (Phi) is 4.69. The van der Waals surface area contributed by atoms with Gasteiger partial charge in [0.15, 0.2) is 0 Å². The molecule has 0 saturated heterocycles. The fraction of sp³-hybridized carbons (Fsp3) is 0.364. The van der Waals surface area contributed by atoms with E-state index in [1.54, 1.807) is 12.1 Å². The number of benzene rings is 1. The molecule has 0 fully saturated rings. The van der Waals surface area contributed by atoms with E-state index < -0.39 is 16.0 Å². The number of primary sulfonamides is 1. The van der Waals surface area contributed by atoms with Gasteiger partial charge in [0.1, 0.15) is 0 Å². The molecule has 1 unspecified atom stereocenters. The van der Waals surface area contributed by atoms with Crippen molar-refractivity contribution in [2.45, 2.75) is 30.7 Å². The van der Waals surface area contributed by atoms with Gasteiger partial charge in [0, 0.05) is 18.2 Å². The second-order valence-electron chi connectivity index (χ2n) is 4.05. The maximum absolute atomic E-state index is 11.2. The largest absolute Gasteiger partial charge is 0.481 e. The monoisotopic (exact) mass is 272 g/mol. The van der Waals surface area contributed by atoms with Crippen molar-refractivity contribution in [1.29, 1.82) is 0 Å². The quantitative estimate of drug-likeness (QED) is 0.715.